The number of anilines is 1. The molecule has 0 aliphatic carbocycles. The molecule has 5 nitrogen and oxygen atoms in total. The predicted octanol–water partition coefficient (Wildman–Crippen LogP) is 0.476. The van der Waals surface area contributed by atoms with Gasteiger partial charge in [0.2, 0.25) is 0 Å². The summed E-state index contributed by atoms with van der Waals surface area (Å²) >= 11 is 0. The zero-order chi connectivity index (χ0) is 12.9. The number of nitrogens with two attached hydrogens (primary N) is 1. The molecule has 0 saturated carbocycles. The third kappa shape index (κ3) is 3.99. The van der Waals surface area contributed by atoms with E-state index < -0.39 is 9.84 Å². The van der Waals surface area contributed by atoms with Gasteiger partial charge < -0.3 is 15.8 Å². The monoisotopic (exact) mass is 258 g/mol. The zero-order valence-corrected chi connectivity index (χ0v) is 10.8. The molecule has 0 aliphatic heterocycles. The van der Waals surface area contributed by atoms with Crippen molar-refractivity contribution in [1.29, 1.82) is 0 Å². The van der Waals surface area contributed by atoms with E-state index in [0.717, 1.165) is 0 Å². The number of nitrogens with one attached hydrogen (secondary N) is 1. The normalized spacial score (nSPS) is 13.4. The molecule has 0 aromatic heterocycles. The number of hydrogen-bond acceptors (Lipinski definition) is 5. The Labute approximate surface area is 102 Å². The second-order valence-electron chi connectivity index (χ2n) is 3.80. The van der Waals surface area contributed by atoms with Gasteiger partial charge in [-0.1, -0.05) is 12.1 Å². The Morgan fingerprint density at radius 2 is 2.06 bits per heavy atom. The van der Waals surface area contributed by atoms with Crippen molar-refractivity contribution in [1.82, 2.24) is 0 Å². The quantitative estimate of drug-likeness (QED) is 0.775. The Morgan fingerprint density at radius 1 is 1.41 bits per heavy atom. The minimum atomic E-state index is -3.25. The van der Waals surface area contributed by atoms with Crippen LogP contribution in [0.2, 0.25) is 0 Å². The summed E-state index contributed by atoms with van der Waals surface area (Å²) in [6.45, 7) is 0.792. The van der Waals surface area contributed by atoms with Gasteiger partial charge in [0.15, 0.2) is 9.84 Å². The number of para-hydroxylation sites is 1. The van der Waals surface area contributed by atoms with E-state index in [1.165, 1.54) is 6.26 Å². The standard InChI is InChI=1S/C11H18N2O3S/c1-16-8-9(7-12)13-10-5-3-4-6-11(10)17(2,14)15/h3-6,9,13H,7-8,12H2,1-2H3. The largest absolute Gasteiger partial charge is 0.383 e. The summed E-state index contributed by atoms with van der Waals surface area (Å²) in [6, 6.07) is 6.64. The molecule has 17 heavy (non-hydrogen) atoms. The number of methoxy groups -OCH3 is 1. The molecule has 0 heterocycles. The fourth-order valence-corrected chi connectivity index (χ4v) is 2.35. The van der Waals surface area contributed by atoms with E-state index in [4.69, 9.17) is 10.5 Å². The number of rotatable bonds is 6. The van der Waals surface area contributed by atoms with Gasteiger partial charge in [0.25, 0.3) is 0 Å². The molecule has 1 aromatic rings. The Kier molecular flexibility index (Phi) is 4.92. The molecule has 0 bridgehead atoms. The van der Waals surface area contributed by atoms with Crippen molar-refractivity contribution in [2.24, 2.45) is 5.73 Å². The predicted molar refractivity (Wildman–Crippen MR) is 67.9 cm³/mol. The minimum Gasteiger partial charge on any atom is -0.383 e. The molecule has 0 amide bonds. The SMILES string of the molecule is COCC(CN)Nc1ccccc1S(C)(=O)=O. The second-order valence-corrected chi connectivity index (χ2v) is 5.78. The van der Waals surface area contributed by atoms with E-state index in [2.05, 4.69) is 5.32 Å². The van der Waals surface area contributed by atoms with Crippen LogP contribution in [0.15, 0.2) is 29.2 Å². The fraction of sp³-hybridized carbons (Fsp3) is 0.455. The summed E-state index contributed by atoms with van der Waals surface area (Å²) in [5, 5.41) is 3.08. The molecule has 1 rings (SSSR count). The highest BCUT2D eigenvalue weighted by atomic mass is 32.2. The van der Waals surface area contributed by atoms with Crippen molar-refractivity contribution >= 4 is 15.5 Å². The van der Waals surface area contributed by atoms with Gasteiger partial charge in [0.05, 0.1) is 23.2 Å². The van der Waals surface area contributed by atoms with Gasteiger partial charge in [0.1, 0.15) is 0 Å². The maximum atomic E-state index is 11.6. The third-order valence-corrected chi connectivity index (χ3v) is 3.45. The lowest BCUT2D eigenvalue weighted by molar-refractivity contribution is 0.187. The highest BCUT2D eigenvalue weighted by molar-refractivity contribution is 7.90. The number of hydrogen-bond donors (Lipinski definition) is 2. The van der Waals surface area contributed by atoms with Crippen LogP contribution < -0.4 is 11.1 Å². The maximum Gasteiger partial charge on any atom is 0.177 e. The zero-order valence-electron chi connectivity index (χ0n) is 10.0. The van der Waals surface area contributed by atoms with Crippen LogP contribution in [-0.2, 0) is 14.6 Å². The molecule has 3 N–H and O–H groups in total. The highest BCUT2D eigenvalue weighted by Gasteiger charge is 2.15. The first kappa shape index (κ1) is 14.0. The van der Waals surface area contributed by atoms with Crippen LogP contribution in [0.25, 0.3) is 0 Å². The van der Waals surface area contributed by atoms with Crippen molar-refractivity contribution in [3.05, 3.63) is 24.3 Å². The molecule has 1 unspecified atom stereocenters. The van der Waals surface area contributed by atoms with Crippen LogP contribution >= 0.6 is 0 Å². The number of benzene rings is 1. The first-order valence-electron chi connectivity index (χ1n) is 5.23. The van der Waals surface area contributed by atoms with Crippen molar-refractivity contribution in [3.63, 3.8) is 0 Å². The second kappa shape index (κ2) is 6.00. The maximum absolute atomic E-state index is 11.6. The van der Waals surface area contributed by atoms with Gasteiger partial charge in [-0.3, -0.25) is 0 Å². The Bertz CT molecular complexity index is 460. The van der Waals surface area contributed by atoms with Gasteiger partial charge in [-0.05, 0) is 12.1 Å². The van der Waals surface area contributed by atoms with E-state index in [1.807, 2.05) is 0 Å². The van der Waals surface area contributed by atoms with E-state index in [-0.39, 0.29) is 10.9 Å². The molecule has 0 saturated heterocycles. The van der Waals surface area contributed by atoms with Crippen LogP contribution in [0.1, 0.15) is 0 Å². The van der Waals surface area contributed by atoms with Crippen LogP contribution in [-0.4, -0.2) is 41.0 Å². The number of ether oxygens (including phenoxy) is 1. The summed E-state index contributed by atoms with van der Waals surface area (Å²) in [4.78, 5) is 0.273. The Hall–Kier alpha value is -1.11. The van der Waals surface area contributed by atoms with Gasteiger partial charge in [0, 0.05) is 19.9 Å². The van der Waals surface area contributed by atoms with Gasteiger partial charge in [-0.25, -0.2) is 8.42 Å². The molecule has 0 radical (unpaired) electrons. The van der Waals surface area contributed by atoms with Crippen LogP contribution in [0.5, 0.6) is 0 Å². The lowest BCUT2D eigenvalue weighted by Crippen LogP contribution is -2.33. The molecular weight excluding hydrogens is 240 g/mol. The van der Waals surface area contributed by atoms with E-state index in [0.29, 0.717) is 18.8 Å². The average molecular weight is 258 g/mol. The summed E-state index contributed by atoms with van der Waals surface area (Å²) in [5.74, 6) is 0. The van der Waals surface area contributed by atoms with Crippen LogP contribution in [0.3, 0.4) is 0 Å². The van der Waals surface area contributed by atoms with Gasteiger partial charge in [-0.15, -0.1) is 0 Å². The Balaban J connectivity index is 2.98. The summed E-state index contributed by atoms with van der Waals surface area (Å²) < 4.78 is 28.2. The first-order chi connectivity index (χ1) is 7.99. The highest BCUT2D eigenvalue weighted by Crippen LogP contribution is 2.21. The Morgan fingerprint density at radius 3 is 2.59 bits per heavy atom. The van der Waals surface area contributed by atoms with Crippen LogP contribution in [0, 0.1) is 0 Å². The van der Waals surface area contributed by atoms with E-state index in [9.17, 15) is 8.42 Å². The lowest BCUT2D eigenvalue weighted by atomic mass is 10.2. The van der Waals surface area contributed by atoms with Gasteiger partial charge in [-0.2, -0.15) is 0 Å². The summed E-state index contributed by atoms with van der Waals surface area (Å²) in [7, 11) is -1.67. The molecule has 1 atom stereocenters. The molecule has 0 spiro atoms. The summed E-state index contributed by atoms with van der Waals surface area (Å²) in [5.41, 5.74) is 6.13. The van der Waals surface area contributed by atoms with E-state index >= 15 is 0 Å². The smallest absolute Gasteiger partial charge is 0.177 e. The third-order valence-electron chi connectivity index (χ3n) is 2.30. The number of sulfone groups is 1. The molecule has 0 aliphatic rings. The molecule has 96 valence electrons. The van der Waals surface area contributed by atoms with Crippen molar-refractivity contribution < 1.29 is 13.2 Å². The first-order valence-corrected chi connectivity index (χ1v) is 7.12. The topological polar surface area (TPSA) is 81.4 Å². The van der Waals surface area contributed by atoms with Crippen molar-refractivity contribution in [2.75, 3.05) is 31.8 Å². The molecule has 6 heteroatoms. The molecule has 0 fully saturated rings. The van der Waals surface area contributed by atoms with E-state index in [1.54, 1.807) is 31.4 Å². The molecular formula is C11H18N2O3S. The lowest BCUT2D eigenvalue weighted by Gasteiger charge is -2.18. The van der Waals surface area contributed by atoms with Gasteiger partial charge >= 0.3 is 0 Å². The van der Waals surface area contributed by atoms with Crippen LogP contribution in [0.4, 0.5) is 5.69 Å². The van der Waals surface area contributed by atoms with Crippen molar-refractivity contribution in [3.8, 4) is 0 Å². The minimum absolute atomic E-state index is 0.108. The fourth-order valence-electron chi connectivity index (χ4n) is 1.50. The molecule has 1 aromatic carbocycles. The summed E-state index contributed by atoms with van der Waals surface area (Å²) in [6.07, 6.45) is 1.18. The van der Waals surface area contributed by atoms with Crippen molar-refractivity contribution in [2.45, 2.75) is 10.9 Å². The average Bonchev–Trinajstić information content (AvgIpc) is 2.27.